The molecule has 1 heterocycles. The van der Waals surface area contributed by atoms with E-state index in [1.54, 1.807) is 18.9 Å². The van der Waals surface area contributed by atoms with E-state index >= 15 is 0 Å². The highest BCUT2D eigenvalue weighted by molar-refractivity contribution is 8.16. The van der Waals surface area contributed by atoms with Crippen molar-refractivity contribution in [1.82, 2.24) is 0 Å². The lowest BCUT2D eigenvalue weighted by molar-refractivity contribution is -0.130. The molecule has 0 radical (unpaired) electrons. The molecular formula is C15H25NO2S. The Morgan fingerprint density at radius 3 is 2.58 bits per heavy atom. The second-order valence-corrected chi connectivity index (χ2v) is 7.02. The third kappa shape index (κ3) is 3.60. The van der Waals surface area contributed by atoms with Crippen molar-refractivity contribution in [1.29, 1.82) is 0 Å². The quantitative estimate of drug-likeness (QED) is 0.711. The Bertz CT molecular complexity index is 348. The van der Waals surface area contributed by atoms with Gasteiger partial charge in [-0.15, -0.1) is 0 Å². The molecule has 0 aromatic rings. The zero-order chi connectivity index (χ0) is 13.7. The highest BCUT2D eigenvalue weighted by Gasteiger charge is 2.45. The summed E-state index contributed by atoms with van der Waals surface area (Å²) in [7, 11) is 1.63. The van der Waals surface area contributed by atoms with Gasteiger partial charge >= 0.3 is 0 Å². The second-order valence-electron chi connectivity index (χ2n) is 5.68. The normalized spacial score (nSPS) is 29.4. The number of carbonyl (C=O) groups is 1. The van der Waals surface area contributed by atoms with Gasteiger partial charge in [0, 0.05) is 7.11 Å². The van der Waals surface area contributed by atoms with Gasteiger partial charge in [-0.25, -0.2) is 4.99 Å². The summed E-state index contributed by atoms with van der Waals surface area (Å²) in [4.78, 5) is 15.7. The predicted octanol–water partition coefficient (Wildman–Crippen LogP) is 4.16. The Labute approximate surface area is 120 Å². The largest absolute Gasteiger partial charge is 0.358 e. The summed E-state index contributed by atoms with van der Waals surface area (Å²) in [5.41, 5.74) is 0. The van der Waals surface area contributed by atoms with E-state index in [1.165, 1.54) is 38.5 Å². The van der Waals surface area contributed by atoms with Gasteiger partial charge in [-0.05, 0) is 18.8 Å². The molecule has 0 aromatic carbocycles. The lowest BCUT2D eigenvalue weighted by Gasteiger charge is -2.23. The summed E-state index contributed by atoms with van der Waals surface area (Å²) in [6, 6.07) is 0. The van der Waals surface area contributed by atoms with Crippen LogP contribution in [0.3, 0.4) is 0 Å². The Balaban J connectivity index is 1.95. The highest BCUT2D eigenvalue weighted by atomic mass is 32.2. The van der Waals surface area contributed by atoms with Crippen molar-refractivity contribution in [3.8, 4) is 0 Å². The third-order valence-electron chi connectivity index (χ3n) is 4.18. The lowest BCUT2D eigenvalue weighted by Crippen LogP contribution is -2.33. The van der Waals surface area contributed by atoms with Crippen LogP contribution in [0.1, 0.15) is 64.7 Å². The van der Waals surface area contributed by atoms with Crippen LogP contribution in [0.4, 0.5) is 0 Å². The van der Waals surface area contributed by atoms with Crippen LogP contribution < -0.4 is 0 Å². The van der Waals surface area contributed by atoms with Gasteiger partial charge in [-0.1, -0.05) is 63.6 Å². The van der Waals surface area contributed by atoms with Gasteiger partial charge in [0.2, 0.25) is 0 Å². The molecule has 0 saturated heterocycles. The number of hydrogen-bond acceptors (Lipinski definition) is 3. The van der Waals surface area contributed by atoms with E-state index in [4.69, 9.17) is 4.74 Å². The standard InChI is InChI=1S/C15H25NO2S/c1-3-10-15(18-2)14(17)16-13(19-15)11-12-8-6-4-5-7-9-12/h12H,3-11H2,1-2H3. The molecule has 108 valence electrons. The molecule has 2 rings (SSSR count). The van der Waals surface area contributed by atoms with Crippen molar-refractivity contribution in [3.05, 3.63) is 0 Å². The molecule has 0 bridgehead atoms. The number of nitrogens with zero attached hydrogens (tertiary/aromatic N) is 1. The van der Waals surface area contributed by atoms with E-state index in [9.17, 15) is 4.79 Å². The van der Waals surface area contributed by atoms with E-state index in [0.717, 1.165) is 30.2 Å². The van der Waals surface area contributed by atoms with E-state index < -0.39 is 4.93 Å². The van der Waals surface area contributed by atoms with Crippen LogP contribution in [0.25, 0.3) is 0 Å². The maximum absolute atomic E-state index is 12.1. The summed E-state index contributed by atoms with van der Waals surface area (Å²) in [5, 5.41) is 1.01. The molecule has 1 unspecified atom stereocenters. The lowest BCUT2D eigenvalue weighted by atomic mass is 9.97. The van der Waals surface area contributed by atoms with E-state index in [1.807, 2.05) is 0 Å². The minimum Gasteiger partial charge on any atom is -0.358 e. The number of amides is 1. The molecule has 2 aliphatic rings. The van der Waals surface area contributed by atoms with Crippen molar-refractivity contribution >= 4 is 22.7 Å². The number of thioether (sulfide) groups is 1. The summed E-state index contributed by atoms with van der Waals surface area (Å²) >= 11 is 1.57. The van der Waals surface area contributed by atoms with E-state index in [0.29, 0.717) is 0 Å². The van der Waals surface area contributed by atoms with Crippen molar-refractivity contribution in [2.45, 2.75) is 69.6 Å². The van der Waals surface area contributed by atoms with Gasteiger partial charge in [0.1, 0.15) is 0 Å². The molecule has 3 nitrogen and oxygen atoms in total. The fourth-order valence-corrected chi connectivity index (χ4v) is 4.43. The van der Waals surface area contributed by atoms with E-state index in [2.05, 4.69) is 11.9 Å². The number of aliphatic imine (C=N–C) groups is 1. The predicted molar refractivity (Wildman–Crippen MR) is 80.5 cm³/mol. The molecule has 0 N–H and O–H groups in total. The Hall–Kier alpha value is -0.350. The van der Waals surface area contributed by atoms with Gasteiger partial charge in [0.15, 0.2) is 4.93 Å². The van der Waals surface area contributed by atoms with Gasteiger partial charge in [0.25, 0.3) is 5.91 Å². The summed E-state index contributed by atoms with van der Waals surface area (Å²) in [6.07, 6.45) is 10.7. The van der Waals surface area contributed by atoms with Gasteiger partial charge in [-0.3, -0.25) is 4.79 Å². The number of rotatable bonds is 5. The summed E-state index contributed by atoms with van der Waals surface area (Å²) in [5.74, 6) is 0.640. The summed E-state index contributed by atoms with van der Waals surface area (Å²) < 4.78 is 5.49. The van der Waals surface area contributed by atoms with Crippen LogP contribution in [0.5, 0.6) is 0 Å². The topological polar surface area (TPSA) is 38.7 Å². The first-order valence-corrected chi connectivity index (χ1v) is 8.38. The molecule has 0 spiro atoms. The second kappa shape index (κ2) is 6.89. The molecular weight excluding hydrogens is 258 g/mol. The molecule has 1 amide bonds. The number of carbonyl (C=O) groups excluding carboxylic acids is 1. The Morgan fingerprint density at radius 2 is 2.00 bits per heavy atom. The van der Waals surface area contributed by atoms with Crippen molar-refractivity contribution in [2.24, 2.45) is 10.9 Å². The van der Waals surface area contributed by atoms with Crippen LogP contribution in [0.15, 0.2) is 4.99 Å². The zero-order valence-electron chi connectivity index (χ0n) is 12.1. The maximum atomic E-state index is 12.1. The fraction of sp³-hybridized carbons (Fsp3) is 0.867. The van der Waals surface area contributed by atoms with Crippen LogP contribution in [-0.4, -0.2) is 23.0 Å². The molecule has 4 heteroatoms. The average Bonchev–Trinajstić information content (AvgIpc) is 2.58. The Morgan fingerprint density at radius 1 is 1.32 bits per heavy atom. The molecule has 1 atom stereocenters. The average molecular weight is 283 g/mol. The van der Waals surface area contributed by atoms with Crippen molar-refractivity contribution in [2.75, 3.05) is 7.11 Å². The minimum absolute atomic E-state index is 0.0783. The molecule has 19 heavy (non-hydrogen) atoms. The maximum Gasteiger partial charge on any atom is 0.289 e. The number of hydrogen-bond donors (Lipinski definition) is 0. The molecule has 1 saturated carbocycles. The van der Waals surface area contributed by atoms with Crippen molar-refractivity contribution in [3.63, 3.8) is 0 Å². The fourth-order valence-electron chi connectivity index (χ4n) is 3.08. The first-order valence-electron chi connectivity index (χ1n) is 7.56. The Kier molecular flexibility index (Phi) is 5.46. The van der Waals surface area contributed by atoms with Crippen molar-refractivity contribution < 1.29 is 9.53 Å². The van der Waals surface area contributed by atoms with Crippen LogP contribution >= 0.6 is 11.8 Å². The third-order valence-corrected chi connectivity index (χ3v) is 5.55. The molecule has 1 fully saturated rings. The van der Waals surface area contributed by atoms with Crippen LogP contribution in [0.2, 0.25) is 0 Å². The summed E-state index contributed by atoms with van der Waals surface area (Å²) in [6.45, 7) is 2.08. The first-order chi connectivity index (χ1) is 9.20. The monoisotopic (exact) mass is 283 g/mol. The highest BCUT2D eigenvalue weighted by Crippen LogP contribution is 2.41. The molecule has 0 aromatic heterocycles. The number of methoxy groups -OCH3 is 1. The molecule has 1 aliphatic heterocycles. The SMILES string of the molecule is CCCC1(OC)SC(CC2CCCCCC2)=NC1=O. The zero-order valence-corrected chi connectivity index (χ0v) is 12.9. The van der Waals surface area contributed by atoms with Gasteiger partial charge in [0.05, 0.1) is 5.04 Å². The number of ether oxygens (including phenoxy) is 1. The minimum atomic E-state index is -0.713. The van der Waals surface area contributed by atoms with Gasteiger partial charge < -0.3 is 4.74 Å². The van der Waals surface area contributed by atoms with Gasteiger partial charge in [-0.2, -0.15) is 0 Å². The smallest absolute Gasteiger partial charge is 0.289 e. The van der Waals surface area contributed by atoms with Crippen LogP contribution in [-0.2, 0) is 9.53 Å². The van der Waals surface area contributed by atoms with Crippen LogP contribution in [0, 0.1) is 5.92 Å². The first kappa shape index (κ1) is 15.0. The molecule has 1 aliphatic carbocycles. The van der Waals surface area contributed by atoms with E-state index in [-0.39, 0.29) is 5.91 Å².